The van der Waals surface area contributed by atoms with Crippen molar-refractivity contribution in [3.63, 3.8) is 0 Å². The normalized spacial score (nSPS) is 11.4. The van der Waals surface area contributed by atoms with E-state index in [0.717, 1.165) is 16.9 Å². The monoisotopic (exact) mass is 374 g/mol. The van der Waals surface area contributed by atoms with Crippen molar-refractivity contribution in [3.05, 3.63) is 77.7 Å². The Balaban J connectivity index is 1.67. The van der Waals surface area contributed by atoms with Crippen molar-refractivity contribution < 1.29 is 4.79 Å². The summed E-state index contributed by atoms with van der Waals surface area (Å²) in [5.74, 6) is 0.368. The maximum atomic E-state index is 12.3. The molecule has 0 radical (unpaired) electrons. The van der Waals surface area contributed by atoms with Gasteiger partial charge >= 0.3 is 6.03 Å². The van der Waals surface area contributed by atoms with Gasteiger partial charge in [0.2, 0.25) is 0 Å². The summed E-state index contributed by atoms with van der Waals surface area (Å²) >= 11 is 0. The molecule has 142 valence electrons. The molecule has 0 aliphatic rings. The molecule has 0 aliphatic carbocycles. The van der Waals surface area contributed by atoms with Crippen molar-refractivity contribution in [2.45, 2.75) is 19.9 Å². The zero-order chi connectivity index (χ0) is 19.9. The summed E-state index contributed by atoms with van der Waals surface area (Å²) in [5.41, 5.74) is 4.03. The largest absolute Gasteiger partial charge is 0.354 e. The van der Waals surface area contributed by atoms with E-state index in [1.54, 1.807) is 18.5 Å². The minimum Gasteiger partial charge on any atom is -0.354 e. The van der Waals surface area contributed by atoms with Crippen LogP contribution in [-0.4, -0.2) is 22.2 Å². The highest BCUT2D eigenvalue weighted by molar-refractivity contribution is 5.92. The van der Waals surface area contributed by atoms with Crippen molar-refractivity contribution in [3.8, 4) is 0 Å². The Kier molecular flexibility index (Phi) is 5.96. The third-order valence-electron chi connectivity index (χ3n) is 4.16. The predicted molar refractivity (Wildman–Crippen MR) is 111 cm³/mol. The van der Waals surface area contributed by atoms with E-state index in [1.165, 1.54) is 6.21 Å². The maximum Gasteiger partial charge on any atom is 0.320 e. The van der Waals surface area contributed by atoms with Gasteiger partial charge in [0.05, 0.1) is 17.9 Å². The van der Waals surface area contributed by atoms with Gasteiger partial charge in [-0.25, -0.2) is 9.78 Å². The van der Waals surface area contributed by atoms with Crippen LogP contribution in [0.25, 0.3) is 0 Å². The molecule has 2 aromatic heterocycles. The molecule has 2 heterocycles. The van der Waals surface area contributed by atoms with E-state index in [2.05, 4.69) is 25.9 Å². The predicted octanol–water partition coefficient (Wildman–Crippen LogP) is 4.41. The summed E-state index contributed by atoms with van der Waals surface area (Å²) in [7, 11) is 0. The van der Waals surface area contributed by atoms with Gasteiger partial charge in [-0.05, 0) is 37.6 Å². The van der Waals surface area contributed by atoms with Crippen LogP contribution in [0.4, 0.5) is 22.0 Å². The fourth-order valence-corrected chi connectivity index (χ4v) is 2.72. The molecule has 1 unspecified atom stereocenters. The Morgan fingerprint density at radius 3 is 2.64 bits per heavy atom. The van der Waals surface area contributed by atoms with Gasteiger partial charge in [-0.15, -0.1) is 0 Å². The van der Waals surface area contributed by atoms with Crippen molar-refractivity contribution in [2.24, 2.45) is 0 Å². The molecule has 3 aromatic rings. The lowest BCUT2D eigenvalue weighted by atomic mass is 10.1. The van der Waals surface area contributed by atoms with Crippen LogP contribution in [0.1, 0.15) is 29.8 Å². The number of anilines is 3. The molecule has 2 amide bonds. The molecule has 0 bridgehead atoms. The number of nitrogens with zero attached hydrogens (tertiary/aromatic N) is 2. The van der Waals surface area contributed by atoms with Crippen LogP contribution >= 0.6 is 0 Å². The minimum absolute atomic E-state index is 0.140. The fraction of sp³-hybridized carbons (Fsp3) is 0.143. The third kappa shape index (κ3) is 4.91. The number of nitrogens with one attached hydrogen (secondary N) is 4. The summed E-state index contributed by atoms with van der Waals surface area (Å²) in [4.78, 5) is 20.7. The molecule has 1 atom stereocenters. The van der Waals surface area contributed by atoms with Crippen LogP contribution in [-0.2, 0) is 0 Å². The fourth-order valence-electron chi connectivity index (χ4n) is 2.72. The van der Waals surface area contributed by atoms with E-state index in [9.17, 15) is 4.79 Å². The number of carbonyl (C=O) groups excluding carboxylic acids is 1. The lowest BCUT2D eigenvalue weighted by Gasteiger charge is -2.15. The summed E-state index contributed by atoms with van der Waals surface area (Å²) in [6.45, 7) is 3.82. The molecule has 4 N–H and O–H groups in total. The molecular weight excluding hydrogens is 352 g/mol. The molecule has 0 spiro atoms. The quantitative estimate of drug-likeness (QED) is 0.480. The summed E-state index contributed by atoms with van der Waals surface area (Å²) in [5, 5.41) is 16.5. The Bertz CT molecular complexity index is 974. The number of aryl methyl sites for hydroxylation is 1. The number of hydrogen-bond acceptors (Lipinski definition) is 5. The van der Waals surface area contributed by atoms with E-state index < -0.39 is 0 Å². The highest BCUT2D eigenvalue weighted by Gasteiger charge is 2.11. The van der Waals surface area contributed by atoms with Crippen molar-refractivity contribution in [1.82, 2.24) is 15.3 Å². The number of carbonyl (C=O) groups is 1. The molecular formula is C21H22N6O. The Morgan fingerprint density at radius 2 is 1.93 bits per heavy atom. The molecule has 3 rings (SSSR count). The number of amides is 2. The molecule has 7 nitrogen and oxygen atoms in total. The first-order chi connectivity index (χ1) is 13.5. The van der Waals surface area contributed by atoms with Crippen molar-refractivity contribution >= 4 is 29.4 Å². The van der Waals surface area contributed by atoms with E-state index in [0.29, 0.717) is 17.1 Å². The zero-order valence-electron chi connectivity index (χ0n) is 15.7. The van der Waals surface area contributed by atoms with E-state index >= 15 is 0 Å². The molecule has 7 heteroatoms. The van der Waals surface area contributed by atoms with Crippen LogP contribution in [0.3, 0.4) is 0 Å². The maximum absolute atomic E-state index is 12.3. The molecule has 28 heavy (non-hydrogen) atoms. The molecule has 0 fully saturated rings. The van der Waals surface area contributed by atoms with Gasteiger partial charge in [0.1, 0.15) is 5.82 Å². The first kappa shape index (κ1) is 19.0. The average molecular weight is 374 g/mol. The van der Waals surface area contributed by atoms with E-state index in [-0.39, 0.29) is 12.1 Å². The van der Waals surface area contributed by atoms with Gasteiger partial charge in [0, 0.05) is 29.4 Å². The van der Waals surface area contributed by atoms with Crippen LogP contribution in [0.2, 0.25) is 0 Å². The number of aromatic nitrogens is 2. The number of hydrogen-bond donors (Lipinski definition) is 4. The van der Waals surface area contributed by atoms with Gasteiger partial charge in [-0.2, -0.15) is 0 Å². The zero-order valence-corrected chi connectivity index (χ0v) is 15.7. The molecule has 0 saturated carbocycles. The van der Waals surface area contributed by atoms with Gasteiger partial charge in [0.15, 0.2) is 0 Å². The minimum atomic E-state index is -0.356. The number of urea groups is 1. The second-order valence-corrected chi connectivity index (χ2v) is 6.34. The Morgan fingerprint density at radius 1 is 1.14 bits per heavy atom. The van der Waals surface area contributed by atoms with E-state index in [4.69, 9.17) is 5.41 Å². The van der Waals surface area contributed by atoms with Crippen LogP contribution in [0.15, 0.2) is 60.9 Å². The van der Waals surface area contributed by atoms with Crippen LogP contribution in [0.5, 0.6) is 0 Å². The standard InChI is InChI=1S/C21H22N6O/c1-14-10-18(8-9-23-14)26-19-13-24-20(11-17(19)12-22)27-21(28)25-15(2)16-6-4-3-5-7-16/h3-13,15,22H,1-2H3,(H,23,26)(H2,24,25,27,28). The number of pyridine rings is 2. The van der Waals surface area contributed by atoms with Crippen LogP contribution < -0.4 is 16.0 Å². The third-order valence-corrected chi connectivity index (χ3v) is 4.16. The lowest BCUT2D eigenvalue weighted by molar-refractivity contribution is 0.249. The smallest absolute Gasteiger partial charge is 0.320 e. The average Bonchev–Trinajstić information content (AvgIpc) is 2.69. The summed E-state index contributed by atoms with van der Waals surface area (Å²) < 4.78 is 0. The second-order valence-electron chi connectivity index (χ2n) is 6.34. The van der Waals surface area contributed by atoms with Crippen molar-refractivity contribution in [1.29, 1.82) is 5.41 Å². The number of rotatable bonds is 6. The topological polar surface area (TPSA) is 103 Å². The highest BCUT2D eigenvalue weighted by atomic mass is 16.2. The molecule has 0 aliphatic heterocycles. The van der Waals surface area contributed by atoms with Gasteiger partial charge in [-0.3, -0.25) is 10.3 Å². The second kappa shape index (κ2) is 8.77. The van der Waals surface area contributed by atoms with Crippen molar-refractivity contribution in [2.75, 3.05) is 10.6 Å². The first-order valence-electron chi connectivity index (χ1n) is 8.88. The lowest BCUT2D eigenvalue weighted by Crippen LogP contribution is -2.31. The van der Waals surface area contributed by atoms with Gasteiger partial charge in [-0.1, -0.05) is 30.3 Å². The summed E-state index contributed by atoms with van der Waals surface area (Å²) in [6.07, 6.45) is 4.52. The SMILES string of the molecule is Cc1cc(Nc2cnc(NC(=O)NC(C)c3ccccc3)cc2C=N)ccn1. The Labute approximate surface area is 163 Å². The van der Waals surface area contributed by atoms with Gasteiger partial charge in [0.25, 0.3) is 0 Å². The van der Waals surface area contributed by atoms with E-state index in [1.807, 2.05) is 56.3 Å². The number of benzene rings is 1. The van der Waals surface area contributed by atoms with Crippen LogP contribution in [0, 0.1) is 12.3 Å². The Hall–Kier alpha value is -3.74. The first-order valence-corrected chi connectivity index (χ1v) is 8.88. The van der Waals surface area contributed by atoms with Gasteiger partial charge < -0.3 is 16.0 Å². The summed E-state index contributed by atoms with van der Waals surface area (Å²) in [6, 6.07) is 14.6. The molecule has 1 aromatic carbocycles. The highest BCUT2D eigenvalue weighted by Crippen LogP contribution is 2.21. The molecule has 0 saturated heterocycles.